The van der Waals surface area contributed by atoms with Gasteiger partial charge in [0.05, 0.1) is 6.10 Å². The van der Waals surface area contributed by atoms with Gasteiger partial charge in [-0.1, -0.05) is 29.8 Å². The van der Waals surface area contributed by atoms with Crippen LogP contribution in [-0.2, 0) is 19.6 Å². The van der Waals surface area contributed by atoms with Gasteiger partial charge in [0, 0.05) is 6.61 Å². The first kappa shape index (κ1) is 15.9. The largest absolute Gasteiger partial charge is 0.480 e. The molecule has 7 heteroatoms. The van der Waals surface area contributed by atoms with Gasteiger partial charge in [-0.05, 0) is 25.8 Å². The fourth-order valence-corrected chi connectivity index (χ4v) is 4.12. The summed E-state index contributed by atoms with van der Waals surface area (Å²) < 4.78 is 32.2. The Bertz CT molecular complexity index is 611. The highest BCUT2D eigenvalue weighted by molar-refractivity contribution is 7.90. The van der Waals surface area contributed by atoms with Crippen LogP contribution in [0.5, 0.6) is 0 Å². The molecule has 1 fully saturated rings. The van der Waals surface area contributed by atoms with Crippen LogP contribution in [0.3, 0.4) is 0 Å². The van der Waals surface area contributed by atoms with E-state index in [1.165, 1.54) is 0 Å². The number of carboxylic acids is 1. The van der Waals surface area contributed by atoms with Crippen molar-refractivity contribution in [3.63, 3.8) is 0 Å². The summed E-state index contributed by atoms with van der Waals surface area (Å²) in [6, 6.07) is 5.45. The van der Waals surface area contributed by atoms with E-state index in [2.05, 4.69) is 4.72 Å². The molecule has 1 heterocycles. The maximum absolute atomic E-state index is 12.3. The van der Waals surface area contributed by atoms with Gasteiger partial charge < -0.3 is 9.84 Å². The van der Waals surface area contributed by atoms with E-state index >= 15 is 0 Å². The molecule has 116 valence electrons. The zero-order valence-electron chi connectivity index (χ0n) is 11.9. The van der Waals surface area contributed by atoms with Crippen molar-refractivity contribution >= 4 is 16.0 Å². The topological polar surface area (TPSA) is 92.7 Å². The molecular formula is C14H19NO5S. The van der Waals surface area contributed by atoms with E-state index in [0.29, 0.717) is 18.6 Å². The van der Waals surface area contributed by atoms with Crippen LogP contribution in [0, 0.1) is 6.92 Å². The van der Waals surface area contributed by atoms with Gasteiger partial charge in [0.1, 0.15) is 11.3 Å². The zero-order valence-corrected chi connectivity index (χ0v) is 12.8. The Labute approximate surface area is 124 Å². The number of carboxylic acid groups (broad SMARTS) is 1. The fourth-order valence-electron chi connectivity index (χ4n) is 2.39. The van der Waals surface area contributed by atoms with E-state index in [0.717, 1.165) is 5.56 Å². The molecule has 6 nitrogen and oxygen atoms in total. The highest BCUT2D eigenvalue weighted by Crippen LogP contribution is 2.23. The lowest BCUT2D eigenvalue weighted by Crippen LogP contribution is -2.42. The molecule has 0 aliphatic carbocycles. The van der Waals surface area contributed by atoms with Crippen LogP contribution in [-0.4, -0.2) is 37.5 Å². The average Bonchev–Trinajstić information content (AvgIpc) is 2.84. The molecule has 0 saturated carbocycles. The molecule has 1 aromatic carbocycles. The third-order valence-corrected chi connectivity index (χ3v) is 5.63. The third-order valence-electron chi connectivity index (χ3n) is 3.64. The molecule has 3 unspecified atom stereocenters. The molecular weight excluding hydrogens is 294 g/mol. The summed E-state index contributed by atoms with van der Waals surface area (Å²) in [6.45, 7) is 3.93. The molecule has 1 saturated heterocycles. The lowest BCUT2D eigenvalue weighted by Gasteiger charge is -2.20. The number of rotatable bonds is 5. The Balaban J connectivity index is 2.24. The van der Waals surface area contributed by atoms with E-state index in [4.69, 9.17) is 4.74 Å². The minimum atomic E-state index is -3.77. The number of hydrogen-bond acceptors (Lipinski definition) is 4. The predicted molar refractivity (Wildman–Crippen MR) is 77.4 cm³/mol. The molecule has 0 radical (unpaired) electrons. The molecule has 1 aliphatic rings. The number of aryl methyl sites for hydroxylation is 1. The second-order valence-corrected chi connectivity index (χ2v) is 7.18. The molecule has 2 N–H and O–H groups in total. The normalized spacial score (nSPS) is 23.9. The minimum absolute atomic E-state index is 0.370. The van der Waals surface area contributed by atoms with Crippen molar-refractivity contribution in [1.29, 1.82) is 0 Å². The van der Waals surface area contributed by atoms with Crippen molar-refractivity contribution < 1.29 is 23.1 Å². The highest BCUT2D eigenvalue weighted by Gasteiger charge is 2.38. The summed E-state index contributed by atoms with van der Waals surface area (Å²) >= 11 is 0. The summed E-state index contributed by atoms with van der Waals surface area (Å²) in [5.74, 6) is -1.23. The van der Waals surface area contributed by atoms with Gasteiger partial charge in [-0.25, -0.2) is 8.42 Å². The number of sulfonamides is 1. The van der Waals surface area contributed by atoms with Crippen LogP contribution in [0.25, 0.3) is 0 Å². The van der Waals surface area contributed by atoms with Gasteiger partial charge in [-0.2, -0.15) is 4.72 Å². The van der Waals surface area contributed by atoms with Crippen molar-refractivity contribution in [2.45, 2.75) is 37.7 Å². The lowest BCUT2D eigenvalue weighted by atomic mass is 10.1. The first-order valence-corrected chi connectivity index (χ1v) is 8.28. The molecule has 0 spiro atoms. The van der Waals surface area contributed by atoms with Gasteiger partial charge in [0.25, 0.3) is 0 Å². The number of aliphatic carboxylic acids is 1. The quantitative estimate of drug-likeness (QED) is 0.852. The van der Waals surface area contributed by atoms with E-state index < -0.39 is 33.4 Å². The number of nitrogens with one attached hydrogen (secondary N) is 1. The van der Waals surface area contributed by atoms with Crippen molar-refractivity contribution in [2.75, 3.05) is 6.61 Å². The number of benzene rings is 1. The predicted octanol–water partition coefficient (Wildman–Crippen LogP) is 1.22. The number of carbonyl (C=O) groups is 1. The standard InChI is InChI=1S/C14H19NO5S/c1-9-3-5-11(6-4-9)13(14(16)17)15-21(18,19)12-7-8-20-10(12)2/h3-6,10,12-13,15H,7-8H2,1-2H3,(H,16,17). The van der Waals surface area contributed by atoms with Crippen molar-refractivity contribution in [1.82, 2.24) is 4.72 Å². The third kappa shape index (κ3) is 3.61. The zero-order chi connectivity index (χ0) is 15.6. The van der Waals surface area contributed by atoms with E-state index in [-0.39, 0.29) is 0 Å². The monoisotopic (exact) mass is 313 g/mol. The second-order valence-electron chi connectivity index (χ2n) is 5.25. The molecule has 0 amide bonds. The van der Waals surface area contributed by atoms with Gasteiger partial charge >= 0.3 is 5.97 Å². The van der Waals surface area contributed by atoms with Crippen LogP contribution in [0.15, 0.2) is 24.3 Å². The Morgan fingerprint density at radius 3 is 2.48 bits per heavy atom. The van der Waals surface area contributed by atoms with Crippen molar-refractivity contribution in [2.24, 2.45) is 0 Å². The lowest BCUT2D eigenvalue weighted by molar-refractivity contribution is -0.139. The summed E-state index contributed by atoms with van der Waals surface area (Å²) in [7, 11) is -3.77. The van der Waals surface area contributed by atoms with Gasteiger partial charge in [-0.3, -0.25) is 4.79 Å². The fraction of sp³-hybridized carbons (Fsp3) is 0.500. The van der Waals surface area contributed by atoms with Crippen molar-refractivity contribution in [3.05, 3.63) is 35.4 Å². The Hall–Kier alpha value is -1.44. The summed E-state index contributed by atoms with van der Waals surface area (Å²) in [5.41, 5.74) is 1.38. The van der Waals surface area contributed by atoms with Gasteiger partial charge in [0.15, 0.2) is 0 Å². The summed E-state index contributed by atoms with van der Waals surface area (Å²) in [5, 5.41) is 8.59. The second kappa shape index (κ2) is 6.13. The Kier molecular flexibility index (Phi) is 4.65. The van der Waals surface area contributed by atoms with Gasteiger partial charge in [0.2, 0.25) is 10.0 Å². The molecule has 21 heavy (non-hydrogen) atoms. The first-order chi connectivity index (χ1) is 9.81. The van der Waals surface area contributed by atoms with Crippen LogP contribution in [0.2, 0.25) is 0 Å². The van der Waals surface area contributed by atoms with E-state index in [9.17, 15) is 18.3 Å². The highest BCUT2D eigenvalue weighted by atomic mass is 32.2. The van der Waals surface area contributed by atoms with Crippen molar-refractivity contribution in [3.8, 4) is 0 Å². The van der Waals surface area contributed by atoms with E-state index in [1.54, 1.807) is 31.2 Å². The average molecular weight is 313 g/mol. The molecule has 0 bridgehead atoms. The number of ether oxygens (including phenoxy) is 1. The minimum Gasteiger partial charge on any atom is -0.480 e. The molecule has 2 rings (SSSR count). The molecule has 1 aliphatic heterocycles. The van der Waals surface area contributed by atoms with Crippen LogP contribution in [0.1, 0.15) is 30.5 Å². The number of hydrogen-bond donors (Lipinski definition) is 2. The maximum atomic E-state index is 12.3. The van der Waals surface area contributed by atoms with Crippen LogP contribution < -0.4 is 4.72 Å². The van der Waals surface area contributed by atoms with E-state index in [1.807, 2.05) is 6.92 Å². The Morgan fingerprint density at radius 1 is 1.38 bits per heavy atom. The summed E-state index contributed by atoms with van der Waals surface area (Å²) in [4.78, 5) is 11.4. The molecule has 0 aromatic heterocycles. The summed E-state index contributed by atoms with van der Waals surface area (Å²) in [6.07, 6.45) is -0.0635. The first-order valence-electron chi connectivity index (χ1n) is 6.73. The molecule has 1 aromatic rings. The SMILES string of the molecule is Cc1ccc(C(NS(=O)(=O)C2CCOC2C)C(=O)O)cc1. The Morgan fingerprint density at radius 2 is 2.00 bits per heavy atom. The van der Waals surface area contributed by atoms with Crippen LogP contribution >= 0.6 is 0 Å². The smallest absolute Gasteiger partial charge is 0.326 e. The maximum Gasteiger partial charge on any atom is 0.326 e. The van der Waals surface area contributed by atoms with Crippen LogP contribution in [0.4, 0.5) is 0 Å². The molecule has 3 atom stereocenters. The van der Waals surface area contributed by atoms with Gasteiger partial charge in [-0.15, -0.1) is 0 Å².